The Morgan fingerprint density at radius 1 is 1.40 bits per heavy atom. The topological polar surface area (TPSA) is 12.5 Å². The summed E-state index contributed by atoms with van der Waals surface area (Å²) in [7, 11) is 3.82. The van der Waals surface area contributed by atoms with E-state index in [2.05, 4.69) is 47.8 Å². The maximum Gasteiger partial charge on any atom is 0.119 e. The standard InChI is InChI=1S/C12H18BrNO/c1-9(2)14(3)8-10-7-11(15-4)5-6-12(10)13/h5-7,9H,8H2,1-4H3. The number of hydrogen-bond donors (Lipinski definition) is 0. The van der Waals surface area contributed by atoms with Gasteiger partial charge in [0.2, 0.25) is 0 Å². The maximum atomic E-state index is 5.21. The lowest BCUT2D eigenvalue weighted by Gasteiger charge is -2.21. The highest BCUT2D eigenvalue weighted by Gasteiger charge is 2.08. The van der Waals surface area contributed by atoms with Gasteiger partial charge in [-0.1, -0.05) is 15.9 Å². The van der Waals surface area contributed by atoms with Gasteiger partial charge < -0.3 is 4.74 Å². The predicted octanol–water partition coefficient (Wildman–Crippen LogP) is 3.30. The fraction of sp³-hybridized carbons (Fsp3) is 0.500. The van der Waals surface area contributed by atoms with Crippen molar-refractivity contribution in [2.45, 2.75) is 26.4 Å². The number of benzene rings is 1. The lowest BCUT2D eigenvalue weighted by molar-refractivity contribution is 0.265. The van der Waals surface area contributed by atoms with Gasteiger partial charge in [0.15, 0.2) is 0 Å². The van der Waals surface area contributed by atoms with Gasteiger partial charge in [0.25, 0.3) is 0 Å². The SMILES string of the molecule is COc1ccc(Br)c(CN(C)C(C)C)c1. The van der Waals surface area contributed by atoms with Crippen LogP contribution in [0.1, 0.15) is 19.4 Å². The van der Waals surface area contributed by atoms with Crippen LogP contribution in [0.15, 0.2) is 22.7 Å². The lowest BCUT2D eigenvalue weighted by atomic mass is 10.2. The fourth-order valence-electron chi connectivity index (χ4n) is 1.25. The second kappa shape index (κ2) is 5.52. The Bertz CT molecular complexity index is 325. The first kappa shape index (κ1) is 12.5. The molecular formula is C12H18BrNO. The Balaban J connectivity index is 2.83. The molecule has 3 heteroatoms. The van der Waals surface area contributed by atoms with Crippen LogP contribution in [0.5, 0.6) is 5.75 Å². The van der Waals surface area contributed by atoms with E-state index in [1.54, 1.807) is 7.11 Å². The van der Waals surface area contributed by atoms with Crippen molar-refractivity contribution < 1.29 is 4.74 Å². The molecule has 0 atom stereocenters. The molecule has 84 valence electrons. The molecular weight excluding hydrogens is 254 g/mol. The van der Waals surface area contributed by atoms with E-state index >= 15 is 0 Å². The monoisotopic (exact) mass is 271 g/mol. The fourth-order valence-corrected chi connectivity index (χ4v) is 1.62. The van der Waals surface area contributed by atoms with E-state index in [1.165, 1.54) is 5.56 Å². The van der Waals surface area contributed by atoms with Crippen LogP contribution in [0.2, 0.25) is 0 Å². The molecule has 0 fully saturated rings. The molecule has 15 heavy (non-hydrogen) atoms. The Morgan fingerprint density at radius 3 is 2.60 bits per heavy atom. The Hall–Kier alpha value is -0.540. The van der Waals surface area contributed by atoms with E-state index in [1.807, 2.05) is 12.1 Å². The van der Waals surface area contributed by atoms with Crippen molar-refractivity contribution in [2.24, 2.45) is 0 Å². The molecule has 0 radical (unpaired) electrons. The maximum absolute atomic E-state index is 5.21. The quantitative estimate of drug-likeness (QED) is 0.833. The predicted molar refractivity (Wildman–Crippen MR) is 67.3 cm³/mol. The van der Waals surface area contributed by atoms with Crippen LogP contribution in [0.4, 0.5) is 0 Å². The molecule has 1 rings (SSSR count). The third-order valence-corrected chi connectivity index (χ3v) is 3.33. The average Bonchev–Trinajstić information content (AvgIpc) is 2.21. The summed E-state index contributed by atoms with van der Waals surface area (Å²) in [4.78, 5) is 2.29. The summed E-state index contributed by atoms with van der Waals surface area (Å²) in [5, 5.41) is 0. The van der Waals surface area contributed by atoms with Gasteiger partial charge in [-0.05, 0) is 44.7 Å². The van der Waals surface area contributed by atoms with Crippen molar-refractivity contribution in [1.29, 1.82) is 0 Å². The van der Waals surface area contributed by atoms with E-state index in [-0.39, 0.29) is 0 Å². The Kier molecular flexibility index (Phi) is 4.61. The van der Waals surface area contributed by atoms with Crippen LogP contribution in [-0.4, -0.2) is 25.1 Å². The van der Waals surface area contributed by atoms with Gasteiger partial charge in [-0.15, -0.1) is 0 Å². The van der Waals surface area contributed by atoms with Gasteiger partial charge in [0.1, 0.15) is 5.75 Å². The molecule has 0 bridgehead atoms. The van der Waals surface area contributed by atoms with Crippen molar-refractivity contribution in [3.63, 3.8) is 0 Å². The zero-order chi connectivity index (χ0) is 11.4. The van der Waals surface area contributed by atoms with Gasteiger partial charge in [-0.3, -0.25) is 4.90 Å². The highest BCUT2D eigenvalue weighted by molar-refractivity contribution is 9.10. The molecule has 1 aromatic carbocycles. The Morgan fingerprint density at radius 2 is 2.07 bits per heavy atom. The van der Waals surface area contributed by atoms with Crippen molar-refractivity contribution in [3.05, 3.63) is 28.2 Å². The normalized spacial score (nSPS) is 11.1. The van der Waals surface area contributed by atoms with Crippen LogP contribution in [0.3, 0.4) is 0 Å². The highest BCUT2D eigenvalue weighted by atomic mass is 79.9. The van der Waals surface area contributed by atoms with Gasteiger partial charge in [0, 0.05) is 17.1 Å². The van der Waals surface area contributed by atoms with E-state index in [0.29, 0.717) is 6.04 Å². The summed E-state index contributed by atoms with van der Waals surface area (Å²) in [6, 6.07) is 6.61. The minimum atomic E-state index is 0.545. The van der Waals surface area contributed by atoms with Crippen LogP contribution in [0, 0.1) is 0 Å². The van der Waals surface area contributed by atoms with E-state index in [4.69, 9.17) is 4.74 Å². The molecule has 0 amide bonds. The van der Waals surface area contributed by atoms with E-state index in [9.17, 15) is 0 Å². The van der Waals surface area contributed by atoms with Crippen molar-refractivity contribution in [1.82, 2.24) is 4.90 Å². The minimum Gasteiger partial charge on any atom is -0.497 e. The number of rotatable bonds is 4. The molecule has 1 aromatic rings. The molecule has 2 nitrogen and oxygen atoms in total. The van der Waals surface area contributed by atoms with E-state index < -0.39 is 0 Å². The molecule has 0 aliphatic rings. The first-order valence-corrected chi connectivity index (χ1v) is 5.86. The summed E-state index contributed by atoms with van der Waals surface area (Å²) >= 11 is 3.56. The molecule has 0 aliphatic heterocycles. The molecule has 0 saturated heterocycles. The van der Waals surface area contributed by atoms with Gasteiger partial charge >= 0.3 is 0 Å². The van der Waals surface area contributed by atoms with E-state index in [0.717, 1.165) is 16.8 Å². The first-order valence-electron chi connectivity index (χ1n) is 5.07. The summed E-state index contributed by atoms with van der Waals surface area (Å²) in [5.41, 5.74) is 1.26. The first-order chi connectivity index (χ1) is 7.04. The largest absolute Gasteiger partial charge is 0.497 e. The molecule has 0 heterocycles. The van der Waals surface area contributed by atoms with Crippen LogP contribution < -0.4 is 4.74 Å². The molecule has 0 aliphatic carbocycles. The van der Waals surface area contributed by atoms with Crippen LogP contribution in [0.25, 0.3) is 0 Å². The van der Waals surface area contributed by atoms with Crippen molar-refractivity contribution >= 4 is 15.9 Å². The molecule has 0 N–H and O–H groups in total. The number of hydrogen-bond acceptors (Lipinski definition) is 2. The highest BCUT2D eigenvalue weighted by Crippen LogP contribution is 2.23. The molecule has 0 aromatic heterocycles. The van der Waals surface area contributed by atoms with Crippen LogP contribution >= 0.6 is 15.9 Å². The third-order valence-electron chi connectivity index (χ3n) is 2.55. The number of methoxy groups -OCH3 is 1. The second-order valence-corrected chi connectivity index (χ2v) is 4.82. The molecule has 0 saturated carbocycles. The van der Waals surface area contributed by atoms with Gasteiger partial charge in [0.05, 0.1) is 7.11 Å². The molecule has 0 spiro atoms. The summed E-state index contributed by atoms with van der Waals surface area (Å²) in [6.45, 7) is 5.30. The zero-order valence-corrected chi connectivity index (χ0v) is 11.3. The van der Waals surface area contributed by atoms with Gasteiger partial charge in [-0.25, -0.2) is 0 Å². The minimum absolute atomic E-state index is 0.545. The number of halogens is 1. The second-order valence-electron chi connectivity index (χ2n) is 3.97. The van der Waals surface area contributed by atoms with Crippen LogP contribution in [-0.2, 0) is 6.54 Å². The van der Waals surface area contributed by atoms with Crippen molar-refractivity contribution in [3.8, 4) is 5.75 Å². The zero-order valence-electron chi connectivity index (χ0n) is 9.75. The van der Waals surface area contributed by atoms with Gasteiger partial charge in [-0.2, -0.15) is 0 Å². The summed E-state index contributed by atoms with van der Waals surface area (Å²) < 4.78 is 6.35. The number of nitrogens with zero attached hydrogens (tertiary/aromatic N) is 1. The summed E-state index contributed by atoms with van der Waals surface area (Å²) in [5.74, 6) is 0.908. The molecule has 0 unspecified atom stereocenters. The lowest BCUT2D eigenvalue weighted by Crippen LogP contribution is -2.25. The summed E-state index contributed by atoms with van der Waals surface area (Å²) in [6.07, 6.45) is 0. The Labute approximate surface area is 100 Å². The van der Waals surface area contributed by atoms with Crippen molar-refractivity contribution in [2.75, 3.05) is 14.2 Å². The average molecular weight is 272 g/mol. The third kappa shape index (κ3) is 3.50. The smallest absolute Gasteiger partial charge is 0.119 e. The number of ether oxygens (including phenoxy) is 1.